The van der Waals surface area contributed by atoms with Gasteiger partial charge in [0.05, 0.1) is 4.91 Å². The fourth-order valence-corrected chi connectivity index (χ4v) is 3.64. The van der Waals surface area contributed by atoms with Crippen LogP contribution in [0.4, 0.5) is 5.69 Å². The van der Waals surface area contributed by atoms with E-state index in [2.05, 4.69) is 6.07 Å². The van der Waals surface area contributed by atoms with Crippen molar-refractivity contribution in [1.29, 1.82) is 0 Å². The summed E-state index contributed by atoms with van der Waals surface area (Å²) in [5, 5.41) is 8.82. The number of nitrogens with zero attached hydrogens (tertiary/aromatic N) is 2. The summed E-state index contributed by atoms with van der Waals surface area (Å²) < 4.78 is 0.293. The normalized spacial score (nSPS) is 19.5. The second-order valence-electron chi connectivity index (χ2n) is 4.72. The van der Waals surface area contributed by atoms with E-state index in [1.807, 2.05) is 23.1 Å². The second kappa shape index (κ2) is 5.50. The van der Waals surface area contributed by atoms with Crippen molar-refractivity contribution < 1.29 is 14.7 Å². The van der Waals surface area contributed by atoms with Gasteiger partial charge < -0.3 is 10.0 Å². The Morgan fingerprint density at radius 2 is 2.19 bits per heavy atom. The molecule has 0 radical (unpaired) electrons. The van der Waals surface area contributed by atoms with E-state index in [1.165, 1.54) is 5.56 Å². The summed E-state index contributed by atoms with van der Waals surface area (Å²) in [5.41, 5.74) is 2.33. The van der Waals surface area contributed by atoms with E-state index in [0.717, 1.165) is 35.3 Å². The molecule has 2 aliphatic heterocycles. The van der Waals surface area contributed by atoms with E-state index in [9.17, 15) is 9.59 Å². The molecule has 3 rings (SSSR count). The van der Waals surface area contributed by atoms with Gasteiger partial charge in [-0.2, -0.15) is 0 Å². The lowest BCUT2D eigenvalue weighted by atomic mass is 10.2. The molecule has 0 atom stereocenters. The van der Waals surface area contributed by atoms with E-state index < -0.39 is 12.5 Å². The van der Waals surface area contributed by atoms with E-state index in [4.69, 9.17) is 17.3 Å². The Hall–Kier alpha value is -1.86. The smallest absolute Gasteiger partial charge is 0.323 e. The van der Waals surface area contributed by atoms with Gasteiger partial charge in [-0.1, -0.05) is 42.2 Å². The van der Waals surface area contributed by atoms with Crippen LogP contribution >= 0.6 is 24.0 Å². The van der Waals surface area contributed by atoms with Gasteiger partial charge in [0, 0.05) is 18.4 Å². The second-order valence-corrected chi connectivity index (χ2v) is 6.39. The van der Waals surface area contributed by atoms with Gasteiger partial charge in [-0.3, -0.25) is 14.5 Å². The van der Waals surface area contributed by atoms with Crippen LogP contribution in [0, 0.1) is 0 Å². The minimum absolute atomic E-state index is 0.293. The van der Waals surface area contributed by atoms with Crippen LogP contribution in [0.3, 0.4) is 0 Å². The van der Waals surface area contributed by atoms with Crippen molar-refractivity contribution in [2.45, 2.75) is 6.42 Å². The fourth-order valence-electron chi connectivity index (χ4n) is 2.40. The summed E-state index contributed by atoms with van der Waals surface area (Å²) in [6.07, 6.45) is 2.70. The number of benzene rings is 1. The van der Waals surface area contributed by atoms with Crippen LogP contribution in [-0.2, 0) is 16.0 Å². The number of rotatable bonds is 3. The molecule has 7 heteroatoms. The van der Waals surface area contributed by atoms with Crippen LogP contribution in [0.5, 0.6) is 0 Å². The Labute approximate surface area is 131 Å². The van der Waals surface area contributed by atoms with E-state index in [-0.39, 0.29) is 5.91 Å². The topological polar surface area (TPSA) is 60.9 Å². The molecular weight excluding hydrogens is 308 g/mol. The number of hydrogen-bond acceptors (Lipinski definition) is 5. The van der Waals surface area contributed by atoms with Gasteiger partial charge in [-0.15, -0.1) is 0 Å². The molecule has 5 nitrogen and oxygen atoms in total. The number of aliphatic carboxylic acids is 1. The number of para-hydroxylation sites is 1. The molecule has 0 spiro atoms. The third kappa shape index (κ3) is 2.66. The number of carboxylic acid groups (broad SMARTS) is 1. The molecule has 1 N–H and O–H groups in total. The number of thiocarbonyl (C=S) groups is 1. The number of hydrogen-bond donors (Lipinski definition) is 1. The van der Waals surface area contributed by atoms with Gasteiger partial charge in [-0.25, -0.2) is 0 Å². The predicted molar refractivity (Wildman–Crippen MR) is 85.1 cm³/mol. The number of thioether (sulfide) groups is 1. The molecule has 0 unspecified atom stereocenters. The van der Waals surface area contributed by atoms with Crippen LogP contribution in [0.25, 0.3) is 0 Å². The molecule has 1 amide bonds. The largest absolute Gasteiger partial charge is 0.480 e. The highest BCUT2D eigenvalue weighted by Gasteiger charge is 2.34. The van der Waals surface area contributed by atoms with Crippen LogP contribution < -0.4 is 4.90 Å². The van der Waals surface area contributed by atoms with Crippen LogP contribution in [0.1, 0.15) is 5.56 Å². The van der Waals surface area contributed by atoms with Gasteiger partial charge in [0.2, 0.25) is 0 Å². The molecule has 2 aliphatic rings. The highest BCUT2D eigenvalue weighted by molar-refractivity contribution is 8.26. The number of amides is 1. The highest BCUT2D eigenvalue weighted by atomic mass is 32.2. The third-order valence-electron chi connectivity index (χ3n) is 3.36. The first kappa shape index (κ1) is 14.1. The summed E-state index contributed by atoms with van der Waals surface area (Å²) >= 11 is 6.23. The van der Waals surface area contributed by atoms with Crippen LogP contribution in [0.15, 0.2) is 35.4 Å². The van der Waals surface area contributed by atoms with Crippen molar-refractivity contribution in [3.63, 3.8) is 0 Å². The summed E-state index contributed by atoms with van der Waals surface area (Å²) in [6.45, 7) is 0.418. The molecule has 0 aliphatic carbocycles. The Bertz CT molecular complexity index is 672. The van der Waals surface area contributed by atoms with Crippen molar-refractivity contribution in [1.82, 2.24) is 4.90 Å². The van der Waals surface area contributed by atoms with Crippen LogP contribution in [-0.4, -0.2) is 39.3 Å². The molecule has 108 valence electrons. The maximum absolute atomic E-state index is 12.2. The monoisotopic (exact) mass is 320 g/mol. The van der Waals surface area contributed by atoms with Crippen molar-refractivity contribution in [2.24, 2.45) is 0 Å². The van der Waals surface area contributed by atoms with Crippen molar-refractivity contribution in [2.75, 3.05) is 18.0 Å². The Morgan fingerprint density at radius 1 is 1.43 bits per heavy atom. The zero-order valence-electron chi connectivity index (χ0n) is 11.0. The molecule has 1 aromatic carbocycles. The Balaban J connectivity index is 1.84. The van der Waals surface area contributed by atoms with E-state index >= 15 is 0 Å². The molecule has 1 aromatic rings. The predicted octanol–water partition coefficient (Wildman–Crippen LogP) is 1.84. The Kier molecular flexibility index (Phi) is 3.69. The summed E-state index contributed by atoms with van der Waals surface area (Å²) in [7, 11) is 0. The maximum Gasteiger partial charge on any atom is 0.323 e. The van der Waals surface area contributed by atoms with Gasteiger partial charge in [0.15, 0.2) is 0 Å². The number of anilines is 1. The first-order valence-electron chi connectivity index (χ1n) is 6.38. The minimum atomic E-state index is -1.07. The molecule has 0 aromatic heterocycles. The average Bonchev–Trinajstić information content (AvgIpc) is 2.96. The van der Waals surface area contributed by atoms with Gasteiger partial charge in [0.25, 0.3) is 5.91 Å². The van der Waals surface area contributed by atoms with E-state index in [1.54, 1.807) is 6.20 Å². The quantitative estimate of drug-likeness (QED) is 0.677. The zero-order chi connectivity index (χ0) is 15.0. The summed E-state index contributed by atoms with van der Waals surface area (Å²) in [5.74, 6) is -1.41. The van der Waals surface area contributed by atoms with Gasteiger partial charge >= 0.3 is 5.97 Å². The number of carboxylic acids is 1. The number of carbonyl (C=O) groups is 2. The summed E-state index contributed by atoms with van der Waals surface area (Å²) in [6, 6.07) is 8.03. The van der Waals surface area contributed by atoms with Gasteiger partial charge in [-0.05, 0) is 18.1 Å². The third-order valence-corrected chi connectivity index (χ3v) is 4.73. The van der Waals surface area contributed by atoms with Gasteiger partial charge in [0.1, 0.15) is 10.9 Å². The molecule has 2 heterocycles. The number of carbonyl (C=O) groups excluding carboxylic acids is 1. The molecule has 0 bridgehead atoms. The van der Waals surface area contributed by atoms with Crippen molar-refractivity contribution >= 4 is 45.9 Å². The SMILES string of the molecule is O=C(O)CN1C(=O)/C(=C\N2CCc3ccccc32)SC1=S. The van der Waals surface area contributed by atoms with Crippen molar-refractivity contribution in [3.05, 3.63) is 40.9 Å². The van der Waals surface area contributed by atoms with Crippen LogP contribution in [0.2, 0.25) is 0 Å². The standard InChI is InChI=1S/C14H12N2O3S2/c17-12(18)8-16-13(19)11(21-14(16)20)7-15-6-5-9-3-1-2-4-10(9)15/h1-4,7H,5-6,8H2,(H,17,18)/b11-7+. The Morgan fingerprint density at radius 3 is 2.95 bits per heavy atom. The zero-order valence-corrected chi connectivity index (χ0v) is 12.6. The lowest BCUT2D eigenvalue weighted by Gasteiger charge is -2.14. The maximum atomic E-state index is 12.2. The summed E-state index contributed by atoms with van der Waals surface area (Å²) in [4.78, 5) is 26.6. The van der Waals surface area contributed by atoms with Crippen molar-refractivity contribution in [3.8, 4) is 0 Å². The first-order chi connectivity index (χ1) is 10.1. The molecular formula is C14H12N2O3S2. The lowest BCUT2D eigenvalue weighted by Crippen LogP contribution is -2.33. The first-order valence-corrected chi connectivity index (χ1v) is 7.60. The molecule has 1 fully saturated rings. The highest BCUT2D eigenvalue weighted by Crippen LogP contribution is 2.34. The molecule has 1 saturated heterocycles. The van der Waals surface area contributed by atoms with E-state index in [0.29, 0.717) is 9.23 Å². The molecule has 21 heavy (non-hydrogen) atoms. The lowest BCUT2D eigenvalue weighted by molar-refractivity contribution is -0.140. The number of fused-ring (bicyclic) bond motifs is 1. The minimum Gasteiger partial charge on any atom is -0.480 e. The fraction of sp³-hybridized carbons (Fsp3) is 0.214. The average molecular weight is 320 g/mol. The molecule has 0 saturated carbocycles.